The van der Waals surface area contributed by atoms with Gasteiger partial charge >= 0.3 is 5.69 Å². The summed E-state index contributed by atoms with van der Waals surface area (Å²) in [6, 6.07) is 10.4. The zero-order valence-corrected chi connectivity index (χ0v) is 17.8. The van der Waals surface area contributed by atoms with Crippen LogP contribution in [0.5, 0.6) is 0 Å². The average Bonchev–Trinajstić information content (AvgIpc) is 3.56. The summed E-state index contributed by atoms with van der Waals surface area (Å²) in [4.78, 5) is 43.8. The number of nitrogen functional groups attached to an aromatic ring is 1. The van der Waals surface area contributed by atoms with Gasteiger partial charge in [-0.05, 0) is 31.7 Å². The third kappa shape index (κ3) is 4.99. The molecule has 30 heavy (non-hydrogen) atoms. The second kappa shape index (κ2) is 9.75. The summed E-state index contributed by atoms with van der Waals surface area (Å²) < 4.78 is 1.35. The minimum absolute atomic E-state index is 0.0495. The third-order valence-electron chi connectivity index (χ3n) is 5.47. The number of nitrogens with zero attached hydrogens (tertiary/aromatic N) is 3. The lowest BCUT2D eigenvalue weighted by Crippen LogP contribution is -2.45. The smallest absolute Gasteiger partial charge is 0.330 e. The van der Waals surface area contributed by atoms with E-state index in [9.17, 15) is 14.4 Å². The molecule has 2 aromatic rings. The van der Waals surface area contributed by atoms with Crippen molar-refractivity contribution in [3.05, 3.63) is 56.7 Å². The van der Waals surface area contributed by atoms with E-state index in [2.05, 4.69) is 9.88 Å². The number of carbonyl (C=O) groups excluding carboxylic acids is 1. The molecule has 8 heteroatoms. The normalized spacial score (nSPS) is 13.6. The minimum Gasteiger partial charge on any atom is -0.383 e. The van der Waals surface area contributed by atoms with Crippen LogP contribution in [-0.2, 0) is 17.9 Å². The second-order valence-corrected chi connectivity index (χ2v) is 7.76. The fourth-order valence-corrected chi connectivity index (χ4v) is 3.67. The highest BCUT2D eigenvalue weighted by Gasteiger charge is 2.32. The standard InChI is InChI=1S/C22H31N5O3/c1-3-5-13-27-20(23)19(21(29)24-22(27)30)26(4-2)18(28)15-25(17-11-12-17)14-16-9-7-6-8-10-16/h6-10,17H,3-5,11-15,23H2,1-2H3,(H,24,29,30). The molecule has 0 aliphatic heterocycles. The van der Waals surface area contributed by atoms with Crippen molar-refractivity contribution in [1.29, 1.82) is 0 Å². The molecule has 0 bridgehead atoms. The van der Waals surface area contributed by atoms with Crippen LogP contribution in [0.4, 0.5) is 11.5 Å². The minimum atomic E-state index is -0.624. The molecule has 0 radical (unpaired) electrons. The SMILES string of the molecule is CCCCn1c(N)c(N(CC)C(=O)CN(Cc2ccccc2)C2CC2)c(=O)[nH]c1=O. The topological polar surface area (TPSA) is 104 Å². The van der Waals surface area contributed by atoms with Gasteiger partial charge in [-0.3, -0.25) is 24.0 Å². The molecule has 0 atom stereocenters. The highest BCUT2D eigenvalue weighted by atomic mass is 16.2. The lowest BCUT2D eigenvalue weighted by molar-refractivity contribution is -0.120. The molecule has 0 unspecified atom stereocenters. The van der Waals surface area contributed by atoms with Crippen molar-refractivity contribution in [1.82, 2.24) is 14.5 Å². The van der Waals surface area contributed by atoms with Gasteiger partial charge in [0, 0.05) is 25.7 Å². The number of aromatic amines is 1. The first-order valence-corrected chi connectivity index (χ1v) is 10.7. The van der Waals surface area contributed by atoms with Crippen LogP contribution >= 0.6 is 0 Å². The fourth-order valence-electron chi connectivity index (χ4n) is 3.67. The fraction of sp³-hybridized carbons (Fsp3) is 0.500. The Hall–Kier alpha value is -2.87. The van der Waals surface area contributed by atoms with Crippen LogP contribution in [0.25, 0.3) is 0 Å². The molecule has 1 fully saturated rings. The summed E-state index contributed by atoms with van der Waals surface area (Å²) in [6.45, 7) is 5.38. The van der Waals surface area contributed by atoms with E-state index < -0.39 is 11.2 Å². The van der Waals surface area contributed by atoms with Crippen molar-refractivity contribution >= 4 is 17.4 Å². The highest BCUT2D eigenvalue weighted by Crippen LogP contribution is 2.28. The van der Waals surface area contributed by atoms with E-state index >= 15 is 0 Å². The monoisotopic (exact) mass is 413 g/mol. The number of nitrogens with one attached hydrogen (secondary N) is 1. The number of benzene rings is 1. The number of H-pyrrole nitrogens is 1. The molecule has 0 saturated heterocycles. The van der Waals surface area contributed by atoms with E-state index in [1.165, 1.54) is 9.47 Å². The summed E-state index contributed by atoms with van der Waals surface area (Å²) in [5, 5.41) is 0. The van der Waals surface area contributed by atoms with Crippen LogP contribution in [0.2, 0.25) is 0 Å². The van der Waals surface area contributed by atoms with Crippen molar-refractivity contribution in [3.63, 3.8) is 0 Å². The van der Waals surface area contributed by atoms with Gasteiger partial charge in [0.15, 0.2) is 5.69 Å². The molecule has 3 N–H and O–H groups in total. The van der Waals surface area contributed by atoms with E-state index in [0.29, 0.717) is 25.7 Å². The molecule has 162 valence electrons. The maximum Gasteiger partial charge on any atom is 0.330 e. The Morgan fingerprint density at radius 2 is 1.90 bits per heavy atom. The van der Waals surface area contributed by atoms with Crippen LogP contribution < -0.4 is 21.9 Å². The van der Waals surface area contributed by atoms with Crippen LogP contribution in [0.3, 0.4) is 0 Å². The zero-order chi connectivity index (χ0) is 21.7. The van der Waals surface area contributed by atoms with Crippen LogP contribution in [0, 0.1) is 0 Å². The number of hydrogen-bond donors (Lipinski definition) is 2. The van der Waals surface area contributed by atoms with Crippen molar-refractivity contribution in [2.75, 3.05) is 23.7 Å². The van der Waals surface area contributed by atoms with Gasteiger partial charge < -0.3 is 10.6 Å². The number of aromatic nitrogens is 2. The lowest BCUT2D eigenvalue weighted by atomic mass is 10.2. The Kier molecular flexibility index (Phi) is 7.10. The molecule has 1 aliphatic carbocycles. The first kappa shape index (κ1) is 21.8. The van der Waals surface area contributed by atoms with Gasteiger partial charge in [0.05, 0.1) is 6.54 Å². The molecular formula is C22H31N5O3. The number of hydrogen-bond acceptors (Lipinski definition) is 5. The molecule has 1 aromatic heterocycles. The number of nitrogens with two attached hydrogens (primary N) is 1. The highest BCUT2D eigenvalue weighted by molar-refractivity contribution is 5.96. The molecule has 3 rings (SSSR count). The molecular weight excluding hydrogens is 382 g/mol. The van der Waals surface area contributed by atoms with Gasteiger partial charge in [-0.1, -0.05) is 43.7 Å². The molecule has 8 nitrogen and oxygen atoms in total. The van der Waals surface area contributed by atoms with Crippen molar-refractivity contribution in [2.24, 2.45) is 0 Å². The molecule has 1 aliphatic rings. The van der Waals surface area contributed by atoms with Gasteiger partial charge in [0.2, 0.25) is 5.91 Å². The van der Waals surface area contributed by atoms with Gasteiger partial charge in [0.1, 0.15) is 5.82 Å². The molecule has 1 heterocycles. The van der Waals surface area contributed by atoms with Gasteiger partial charge in [-0.15, -0.1) is 0 Å². The van der Waals surface area contributed by atoms with Crippen LogP contribution in [-0.4, -0.2) is 39.5 Å². The summed E-state index contributed by atoms with van der Waals surface area (Å²) in [6.07, 6.45) is 3.77. The van der Waals surface area contributed by atoms with Crippen LogP contribution in [0.15, 0.2) is 39.9 Å². The first-order valence-electron chi connectivity index (χ1n) is 10.7. The number of likely N-dealkylation sites (N-methyl/N-ethyl adjacent to an activating group) is 1. The zero-order valence-electron chi connectivity index (χ0n) is 17.8. The van der Waals surface area contributed by atoms with Crippen LogP contribution in [0.1, 0.15) is 45.1 Å². The Labute approximate surface area is 176 Å². The Bertz CT molecular complexity index is 979. The van der Waals surface area contributed by atoms with E-state index in [1.54, 1.807) is 6.92 Å². The number of carbonyl (C=O) groups is 1. The molecule has 0 spiro atoms. The molecule has 1 aromatic carbocycles. The summed E-state index contributed by atoms with van der Waals surface area (Å²) in [5.41, 5.74) is 6.25. The maximum absolute atomic E-state index is 13.2. The quantitative estimate of drug-likeness (QED) is 0.619. The van der Waals surface area contributed by atoms with E-state index in [1.807, 2.05) is 37.3 Å². The predicted octanol–water partition coefficient (Wildman–Crippen LogP) is 1.94. The number of anilines is 2. The first-order chi connectivity index (χ1) is 14.5. The lowest BCUT2D eigenvalue weighted by Gasteiger charge is -2.27. The number of amides is 1. The third-order valence-corrected chi connectivity index (χ3v) is 5.47. The predicted molar refractivity (Wildman–Crippen MR) is 119 cm³/mol. The van der Waals surface area contributed by atoms with E-state index in [4.69, 9.17) is 5.73 Å². The summed E-state index contributed by atoms with van der Waals surface area (Å²) >= 11 is 0. The Balaban J connectivity index is 1.85. The molecule has 1 saturated carbocycles. The van der Waals surface area contributed by atoms with Gasteiger partial charge in [-0.2, -0.15) is 0 Å². The maximum atomic E-state index is 13.2. The van der Waals surface area contributed by atoms with Gasteiger partial charge in [0.25, 0.3) is 5.56 Å². The van der Waals surface area contributed by atoms with Gasteiger partial charge in [-0.25, -0.2) is 4.79 Å². The second-order valence-electron chi connectivity index (χ2n) is 7.76. The number of rotatable bonds is 10. The van der Waals surface area contributed by atoms with E-state index in [-0.39, 0.29) is 24.0 Å². The summed E-state index contributed by atoms with van der Waals surface area (Å²) in [5.74, 6) is -0.147. The Morgan fingerprint density at radius 1 is 1.20 bits per heavy atom. The molecule has 1 amide bonds. The van der Waals surface area contributed by atoms with E-state index in [0.717, 1.165) is 31.2 Å². The number of unbranched alkanes of at least 4 members (excludes halogenated alkanes) is 1. The van der Waals surface area contributed by atoms with Crippen molar-refractivity contribution < 1.29 is 4.79 Å². The average molecular weight is 414 g/mol. The largest absolute Gasteiger partial charge is 0.383 e. The van der Waals surface area contributed by atoms with Crippen molar-refractivity contribution in [3.8, 4) is 0 Å². The van der Waals surface area contributed by atoms with Crippen molar-refractivity contribution in [2.45, 2.75) is 58.7 Å². The summed E-state index contributed by atoms with van der Waals surface area (Å²) in [7, 11) is 0. The Morgan fingerprint density at radius 3 is 2.50 bits per heavy atom.